The van der Waals surface area contributed by atoms with Gasteiger partial charge in [-0.2, -0.15) is 0 Å². The number of benzene rings is 3. The fraction of sp³-hybridized carbons (Fsp3) is 0.333. The van der Waals surface area contributed by atoms with Gasteiger partial charge < -0.3 is 15.0 Å². The molecule has 3 aromatic rings. The van der Waals surface area contributed by atoms with E-state index in [2.05, 4.69) is 5.32 Å². The molecule has 11 heteroatoms. The van der Waals surface area contributed by atoms with E-state index in [9.17, 15) is 18.0 Å². The number of aryl methyl sites for hydroxylation is 1. The molecule has 0 fully saturated rings. The SMILES string of the molecule is COc1cccc(N(CC(=O)N(Cc2ccc(Cl)cc2Cl)[C@@H](C)C(=O)NC(C)(C)C)S(=O)(=O)c2ccc(C)cc2)c1. The largest absolute Gasteiger partial charge is 0.497 e. The summed E-state index contributed by atoms with van der Waals surface area (Å²) in [7, 11) is -2.73. The van der Waals surface area contributed by atoms with Crippen molar-refractivity contribution in [1.82, 2.24) is 10.2 Å². The van der Waals surface area contributed by atoms with Gasteiger partial charge >= 0.3 is 0 Å². The van der Waals surface area contributed by atoms with Crippen molar-refractivity contribution >= 4 is 50.7 Å². The summed E-state index contributed by atoms with van der Waals surface area (Å²) in [5.41, 5.74) is 1.11. The van der Waals surface area contributed by atoms with E-state index in [1.54, 1.807) is 55.5 Å². The van der Waals surface area contributed by atoms with Crippen molar-refractivity contribution in [2.45, 2.75) is 57.6 Å². The highest BCUT2D eigenvalue weighted by molar-refractivity contribution is 7.92. The molecule has 3 rings (SSSR count). The van der Waals surface area contributed by atoms with Crippen LogP contribution in [0.15, 0.2) is 71.6 Å². The molecule has 0 aliphatic carbocycles. The Hall–Kier alpha value is -3.27. The first kappa shape index (κ1) is 32.2. The predicted molar refractivity (Wildman–Crippen MR) is 163 cm³/mol. The average Bonchev–Trinajstić information content (AvgIpc) is 2.90. The van der Waals surface area contributed by atoms with Crippen LogP contribution >= 0.6 is 23.2 Å². The number of halogens is 2. The highest BCUT2D eigenvalue weighted by atomic mass is 35.5. The minimum Gasteiger partial charge on any atom is -0.497 e. The molecule has 1 atom stereocenters. The van der Waals surface area contributed by atoms with E-state index in [1.165, 1.54) is 30.2 Å². The Balaban J connectivity index is 2.08. The molecule has 0 radical (unpaired) electrons. The molecule has 0 aliphatic heterocycles. The Morgan fingerprint density at radius 1 is 1.00 bits per heavy atom. The minimum absolute atomic E-state index is 0.0181. The number of hydrogen-bond donors (Lipinski definition) is 1. The number of carbonyl (C=O) groups is 2. The van der Waals surface area contributed by atoms with Crippen LogP contribution in [0.4, 0.5) is 5.69 Å². The number of rotatable bonds is 10. The number of anilines is 1. The Kier molecular flexibility index (Phi) is 10.3. The van der Waals surface area contributed by atoms with Crippen LogP contribution in [0.3, 0.4) is 0 Å². The van der Waals surface area contributed by atoms with E-state index < -0.39 is 40.0 Å². The van der Waals surface area contributed by atoms with E-state index in [1.807, 2.05) is 27.7 Å². The molecule has 8 nitrogen and oxygen atoms in total. The first-order valence-electron chi connectivity index (χ1n) is 12.9. The molecule has 0 spiro atoms. The van der Waals surface area contributed by atoms with Gasteiger partial charge in [0.25, 0.3) is 10.0 Å². The van der Waals surface area contributed by atoms with Crippen molar-refractivity contribution in [3.63, 3.8) is 0 Å². The van der Waals surface area contributed by atoms with Crippen LogP contribution in [0.2, 0.25) is 10.0 Å². The van der Waals surface area contributed by atoms with Gasteiger partial charge in [0.05, 0.1) is 17.7 Å². The van der Waals surface area contributed by atoms with Crippen LogP contribution < -0.4 is 14.4 Å². The summed E-state index contributed by atoms with van der Waals surface area (Å²) in [5, 5.41) is 3.63. The quantitative estimate of drug-likeness (QED) is 0.308. The second-order valence-electron chi connectivity index (χ2n) is 10.7. The summed E-state index contributed by atoms with van der Waals surface area (Å²) in [6, 6.07) is 16.7. The number of carbonyl (C=O) groups excluding carboxylic acids is 2. The van der Waals surface area contributed by atoms with Crippen LogP contribution in [0.25, 0.3) is 0 Å². The first-order chi connectivity index (χ1) is 19.1. The van der Waals surface area contributed by atoms with Gasteiger partial charge in [-0.3, -0.25) is 13.9 Å². The number of methoxy groups -OCH3 is 1. The molecule has 2 amide bonds. The van der Waals surface area contributed by atoms with E-state index in [-0.39, 0.29) is 17.1 Å². The third-order valence-electron chi connectivity index (χ3n) is 6.25. The van der Waals surface area contributed by atoms with Gasteiger partial charge in [-0.1, -0.05) is 53.0 Å². The standard InChI is InChI=1S/C30H35Cl2N3O5S/c1-20-10-14-26(15-11-20)41(38,39)35(24-8-7-9-25(17-24)40-6)19-28(36)34(21(2)29(37)33-30(3,4)5)18-22-12-13-23(31)16-27(22)32/h7-17,21H,18-19H2,1-6H3,(H,33,37)/t21-/m0/s1. The second kappa shape index (κ2) is 13.1. The molecule has 41 heavy (non-hydrogen) atoms. The van der Waals surface area contributed by atoms with Crippen molar-refractivity contribution in [1.29, 1.82) is 0 Å². The summed E-state index contributed by atoms with van der Waals surface area (Å²) in [6.45, 7) is 8.30. The van der Waals surface area contributed by atoms with E-state index in [0.29, 0.717) is 21.4 Å². The average molecular weight is 621 g/mol. The molecule has 0 saturated carbocycles. The van der Waals surface area contributed by atoms with Gasteiger partial charge in [-0.25, -0.2) is 8.42 Å². The van der Waals surface area contributed by atoms with Gasteiger partial charge in [0, 0.05) is 28.2 Å². The van der Waals surface area contributed by atoms with Crippen molar-refractivity contribution in [3.05, 3.63) is 87.9 Å². The number of nitrogens with zero attached hydrogens (tertiary/aromatic N) is 2. The van der Waals surface area contributed by atoms with E-state index >= 15 is 0 Å². The Bertz CT molecular complexity index is 1510. The lowest BCUT2D eigenvalue weighted by Crippen LogP contribution is -2.54. The number of sulfonamides is 1. The maximum atomic E-state index is 14.0. The number of hydrogen-bond acceptors (Lipinski definition) is 5. The second-order valence-corrected chi connectivity index (χ2v) is 13.4. The van der Waals surface area contributed by atoms with E-state index in [0.717, 1.165) is 9.87 Å². The van der Waals surface area contributed by atoms with Gasteiger partial charge in [0.15, 0.2) is 0 Å². The van der Waals surface area contributed by atoms with Gasteiger partial charge in [-0.05, 0) is 76.6 Å². The van der Waals surface area contributed by atoms with Crippen LogP contribution in [0.1, 0.15) is 38.8 Å². The molecule has 0 heterocycles. The molecule has 3 aromatic carbocycles. The third kappa shape index (κ3) is 8.38. The molecular weight excluding hydrogens is 585 g/mol. The number of ether oxygens (including phenoxy) is 1. The smallest absolute Gasteiger partial charge is 0.264 e. The minimum atomic E-state index is -4.20. The van der Waals surface area contributed by atoms with Gasteiger partial charge in [-0.15, -0.1) is 0 Å². The summed E-state index contributed by atoms with van der Waals surface area (Å²) < 4.78 is 34.2. The highest BCUT2D eigenvalue weighted by Gasteiger charge is 2.33. The molecule has 0 aliphatic rings. The van der Waals surface area contributed by atoms with Crippen molar-refractivity contribution < 1.29 is 22.7 Å². The fourth-order valence-corrected chi connectivity index (χ4v) is 5.90. The molecule has 0 unspecified atom stereocenters. The molecule has 0 bridgehead atoms. The lowest BCUT2D eigenvalue weighted by Gasteiger charge is -2.33. The molecular formula is C30H35Cl2N3O5S. The first-order valence-corrected chi connectivity index (χ1v) is 15.1. The van der Waals surface area contributed by atoms with Crippen LogP contribution in [0.5, 0.6) is 5.75 Å². The Morgan fingerprint density at radius 3 is 2.24 bits per heavy atom. The zero-order chi connectivity index (χ0) is 30.5. The Labute approximate surface area is 252 Å². The lowest BCUT2D eigenvalue weighted by molar-refractivity contribution is -0.140. The summed E-state index contributed by atoms with van der Waals surface area (Å²) in [4.78, 5) is 28.6. The monoisotopic (exact) mass is 619 g/mol. The summed E-state index contributed by atoms with van der Waals surface area (Å²) in [5.74, 6) is -0.585. The zero-order valence-electron chi connectivity index (χ0n) is 23.9. The maximum absolute atomic E-state index is 14.0. The Morgan fingerprint density at radius 2 is 1.66 bits per heavy atom. The molecule has 220 valence electrons. The topological polar surface area (TPSA) is 96.0 Å². The van der Waals surface area contributed by atoms with Crippen LogP contribution in [-0.4, -0.2) is 50.4 Å². The van der Waals surface area contributed by atoms with Crippen LogP contribution in [-0.2, 0) is 26.2 Å². The number of nitrogens with one attached hydrogen (secondary N) is 1. The third-order valence-corrected chi connectivity index (χ3v) is 8.63. The maximum Gasteiger partial charge on any atom is 0.264 e. The zero-order valence-corrected chi connectivity index (χ0v) is 26.3. The lowest BCUT2D eigenvalue weighted by atomic mass is 10.1. The van der Waals surface area contributed by atoms with Crippen molar-refractivity contribution in [2.75, 3.05) is 18.0 Å². The molecule has 1 N–H and O–H groups in total. The summed E-state index contributed by atoms with van der Waals surface area (Å²) >= 11 is 12.5. The molecule has 0 aromatic heterocycles. The fourth-order valence-electron chi connectivity index (χ4n) is 4.02. The van der Waals surface area contributed by atoms with Crippen molar-refractivity contribution in [3.8, 4) is 5.75 Å². The normalized spacial score (nSPS) is 12.4. The summed E-state index contributed by atoms with van der Waals surface area (Å²) in [6.07, 6.45) is 0. The molecule has 0 saturated heterocycles. The van der Waals surface area contributed by atoms with E-state index in [4.69, 9.17) is 27.9 Å². The van der Waals surface area contributed by atoms with Gasteiger partial charge in [0.2, 0.25) is 11.8 Å². The number of amides is 2. The van der Waals surface area contributed by atoms with Crippen LogP contribution in [0, 0.1) is 6.92 Å². The predicted octanol–water partition coefficient (Wildman–Crippen LogP) is 5.84. The van der Waals surface area contributed by atoms with Crippen molar-refractivity contribution in [2.24, 2.45) is 0 Å². The van der Waals surface area contributed by atoms with Gasteiger partial charge in [0.1, 0.15) is 18.3 Å². The highest BCUT2D eigenvalue weighted by Crippen LogP contribution is 2.29.